The summed E-state index contributed by atoms with van der Waals surface area (Å²) in [4.78, 5) is 0. The lowest BCUT2D eigenvalue weighted by atomic mass is 10.1. The molecule has 2 heterocycles. The SMILES string of the molecule is CC(NC1CCSCC1)c1nn[nH]n1. The lowest BCUT2D eigenvalue weighted by Crippen LogP contribution is -2.34. The second-order valence-corrected chi connectivity index (χ2v) is 4.77. The molecule has 1 aromatic rings. The molecule has 1 unspecified atom stereocenters. The van der Waals surface area contributed by atoms with Gasteiger partial charge in [0, 0.05) is 6.04 Å². The maximum absolute atomic E-state index is 3.97. The second kappa shape index (κ2) is 4.75. The molecule has 1 fully saturated rings. The number of aromatic nitrogens is 4. The van der Waals surface area contributed by atoms with Gasteiger partial charge in [-0.3, -0.25) is 0 Å². The van der Waals surface area contributed by atoms with Gasteiger partial charge in [0.15, 0.2) is 5.82 Å². The average Bonchev–Trinajstić information content (AvgIpc) is 2.72. The molecule has 14 heavy (non-hydrogen) atoms. The molecule has 2 N–H and O–H groups in total. The highest BCUT2D eigenvalue weighted by atomic mass is 32.2. The van der Waals surface area contributed by atoms with E-state index in [1.165, 1.54) is 24.3 Å². The Balaban J connectivity index is 1.84. The van der Waals surface area contributed by atoms with Crippen molar-refractivity contribution >= 4 is 11.8 Å². The van der Waals surface area contributed by atoms with E-state index < -0.39 is 0 Å². The predicted octanol–water partition coefficient (Wildman–Crippen LogP) is 0.746. The predicted molar refractivity (Wildman–Crippen MR) is 56.1 cm³/mol. The van der Waals surface area contributed by atoms with Crippen LogP contribution in [0.4, 0.5) is 0 Å². The molecule has 1 aromatic heterocycles. The molecule has 0 amide bonds. The molecule has 0 radical (unpaired) electrons. The quantitative estimate of drug-likeness (QED) is 0.775. The van der Waals surface area contributed by atoms with E-state index in [0.29, 0.717) is 6.04 Å². The zero-order valence-electron chi connectivity index (χ0n) is 8.23. The minimum Gasteiger partial charge on any atom is -0.305 e. The van der Waals surface area contributed by atoms with Gasteiger partial charge < -0.3 is 5.32 Å². The first-order chi connectivity index (χ1) is 6.86. The molecular formula is C8H15N5S. The highest BCUT2D eigenvalue weighted by Crippen LogP contribution is 2.19. The fourth-order valence-electron chi connectivity index (χ4n) is 1.65. The molecule has 0 spiro atoms. The van der Waals surface area contributed by atoms with Crippen LogP contribution in [0.5, 0.6) is 0 Å². The van der Waals surface area contributed by atoms with E-state index in [1.807, 2.05) is 11.8 Å². The van der Waals surface area contributed by atoms with Crippen LogP contribution < -0.4 is 5.32 Å². The molecule has 0 bridgehead atoms. The molecule has 5 nitrogen and oxygen atoms in total. The van der Waals surface area contributed by atoms with E-state index in [4.69, 9.17) is 0 Å². The third kappa shape index (κ3) is 2.45. The van der Waals surface area contributed by atoms with Crippen LogP contribution in [0, 0.1) is 0 Å². The fourth-order valence-corrected chi connectivity index (χ4v) is 2.75. The molecule has 78 valence electrons. The van der Waals surface area contributed by atoms with Crippen LogP contribution in [-0.4, -0.2) is 38.2 Å². The van der Waals surface area contributed by atoms with Gasteiger partial charge in [-0.2, -0.15) is 17.0 Å². The molecule has 0 aromatic carbocycles. The summed E-state index contributed by atoms with van der Waals surface area (Å²) < 4.78 is 0. The molecule has 2 rings (SSSR count). The molecular weight excluding hydrogens is 198 g/mol. The van der Waals surface area contributed by atoms with Crippen LogP contribution in [0.1, 0.15) is 31.6 Å². The van der Waals surface area contributed by atoms with E-state index in [2.05, 4.69) is 32.9 Å². The summed E-state index contributed by atoms with van der Waals surface area (Å²) in [5.41, 5.74) is 0. The smallest absolute Gasteiger partial charge is 0.191 e. The molecule has 1 saturated heterocycles. The van der Waals surface area contributed by atoms with Crippen LogP contribution in [-0.2, 0) is 0 Å². The largest absolute Gasteiger partial charge is 0.305 e. The van der Waals surface area contributed by atoms with Crippen molar-refractivity contribution in [2.24, 2.45) is 0 Å². The Hall–Kier alpha value is -0.620. The summed E-state index contributed by atoms with van der Waals surface area (Å²) in [5, 5.41) is 17.5. The second-order valence-electron chi connectivity index (χ2n) is 3.55. The van der Waals surface area contributed by atoms with Crippen LogP contribution in [0.25, 0.3) is 0 Å². The Bertz CT molecular complexity index is 257. The maximum atomic E-state index is 3.97. The number of rotatable bonds is 3. The van der Waals surface area contributed by atoms with Crippen molar-refractivity contribution in [3.05, 3.63) is 5.82 Å². The molecule has 0 saturated carbocycles. The number of tetrazole rings is 1. The summed E-state index contributed by atoms with van der Waals surface area (Å²) >= 11 is 2.03. The van der Waals surface area contributed by atoms with Gasteiger partial charge in [0.1, 0.15) is 0 Å². The van der Waals surface area contributed by atoms with Crippen LogP contribution in [0.3, 0.4) is 0 Å². The Labute approximate surface area is 87.4 Å². The number of thioether (sulfide) groups is 1. The zero-order chi connectivity index (χ0) is 9.80. The van der Waals surface area contributed by atoms with Gasteiger partial charge in [-0.15, -0.1) is 10.2 Å². The van der Waals surface area contributed by atoms with Gasteiger partial charge >= 0.3 is 0 Å². The summed E-state index contributed by atoms with van der Waals surface area (Å²) in [6.45, 7) is 2.08. The molecule has 1 aliphatic heterocycles. The Morgan fingerprint density at radius 3 is 2.93 bits per heavy atom. The number of nitrogens with one attached hydrogen (secondary N) is 2. The van der Waals surface area contributed by atoms with Crippen molar-refractivity contribution in [3.63, 3.8) is 0 Å². The van der Waals surface area contributed by atoms with Gasteiger partial charge in [-0.1, -0.05) is 5.21 Å². The highest BCUT2D eigenvalue weighted by molar-refractivity contribution is 7.99. The summed E-state index contributed by atoms with van der Waals surface area (Å²) in [6, 6.07) is 0.812. The standard InChI is InChI=1S/C8H15N5S/c1-6(8-10-12-13-11-8)9-7-2-4-14-5-3-7/h6-7,9H,2-5H2,1H3,(H,10,11,12,13). The third-order valence-corrected chi connectivity index (χ3v) is 3.50. The minimum atomic E-state index is 0.196. The molecule has 1 atom stereocenters. The number of hydrogen-bond acceptors (Lipinski definition) is 5. The van der Waals surface area contributed by atoms with Crippen molar-refractivity contribution in [2.45, 2.75) is 31.8 Å². The van der Waals surface area contributed by atoms with Crippen molar-refractivity contribution < 1.29 is 0 Å². The van der Waals surface area contributed by atoms with Crippen LogP contribution >= 0.6 is 11.8 Å². The fraction of sp³-hybridized carbons (Fsp3) is 0.875. The number of H-pyrrole nitrogens is 1. The Morgan fingerprint density at radius 2 is 2.29 bits per heavy atom. The van der Waals surface area contributed by atoms with Gasteiger partial charge in [0.05, 0.1) is 6.04 Å². The van der Waals surface area contributed by atoms with Crippen LogP contribution in [0.2, 0.25) is 0 Å². The monoisotopic (exact) mass is 213 g/mol. The van der Waals surface area contributed by atoms with E-state index in [1.54, 1.807) is 0 Å². The van der Waals surface area contributed by atoms with E-state index in [9.17, 15) is 0 Å². The van der Waals surface area contributed by atoms with Crippen molar-refractivity contribution in [2.75, 3.05) is 11.5 Å². The third-order valence-electron chi connectivity index (χ3n) is 2.46. The lowest BCUT2D eigenvalue weighted by molar-refractivity contribution is 0.420. The van der Waals surface area contributed by atoms with Gasteiger partial charge in [-0.25, -0.2) is 0 Å². The molecule has 6 heteroatoms. The maximum Gasteiger partial charge on any atom is 0.191 e. The Morgan fingerprint density at radius 1 is 1.50 bits per heavy atom. The first-order valence-electron chi connectivity index (χ1n) is 4.93. The summed E-state index contributed by atoms with van der Waals surface area (Å²) in [7, 11) is 0. The average molecular weight is 213 g/mol. The van der Waals surface area contributed by atoms with Gasteiger partial charge in [-0.05, 0) is 31.3 Å². The zero-order valence-corrected chi connectivity index (χ0v) is 9.05. The molecule has 0 aliphatic carbocycles. The summed E-state index contributed by atoms with van der Waals surface area (Å²) in [5.74, 6) is 3.27. The number of nitrogens with zero attached hydrogens (tertiary/aromatic N) is 3. The topological polar surface area (TPSA) is 66.5 Å². The lowest BCUT2D eigenvalue weighted by Gasteiger charge is -2.24. The first-order valence-corrected chi connectivity index (χ1v) is 6.09. The number of hydrogen-bond donors (Lipinski definition) is 2. The van der Waals surface area contributed by atoms with E-state index in [-0.39, 0.29) is 6.04 Å². The molecule has 1 aliphatic rings. The highest BCUT2D eigenvalue weighted by Gasteiger charge is 2.18. The minimum absolute atomic E-state index is 0.196. The normalized spacial score (nSPS) is 20.9. The van der Waals surface area contributed by atoms with Crippen LogP contribution in [0.15, 0.2) is 0 Å². The Kier molecular flexibility index (Phi) is 3.36. The summed E-state index contributed by atoms with van der Waals surface area (Å²) in [6.07, 6.45) is 2.49. The number of aromatic amines is 1. The van der Waals surface area contributed by atoms with E-state index in [0.717, 1.165) is 5.82 Å². The van der Waals surface area contributed by atoms with Crippen molar-refractivity contribution in [3.8, 4) is 0 Å². The van der Waals surface area contributed by atoms with Crippen molar-refractivity contribution in [1.82, 2.24) is 25.9 Å². The van der Waals surface area contributed by atoms with Gasteiger partial charge in [0.2, 0.25) is 0 Å². The van der Waals surface area contributed by atoms with Crippen molar-refractivity contribution in [1.29, 1.82) is 0 Å². The first kappa shape index (κ1) is 9.92. The van der Waals surface area contributed by atoms with E-state index >= 15 is 0 Å². The van der Waals surface area contributed by atoms with Gasteiger partial charge in [0.25, 0.3) is 0 Å².